The van der Waals surface area contributed by atoms with E-state index in [0.29, 0.717) is 16.9 Å². The first kappa shape index (κ1) is 16.2. The first-order chi connectivity index (χ1) is 12.6. The number of ether oxygens (including phenoxy) is 1. The molecule has 7 nitrogen and oxygen atoms in total. The minimum Gasteiger partial charge on any atom is -0.487 e. The van der Waals surface area contributed by atoms with Gasteiger partial charge in [0.1, 0.15) is 12.4 Å². The Hall–Kier alpha value is -3.29. The summed E-state index contributed by atoms with van der Waals surface area (Å²) < 4.78 is 29.4. The zero-order valence-corrected chi connectivity index (χ0v) is 14.1. The molecule has 8 heteroatoms. The van der Waals surface area contributed by atoms with Gasteiger partial charge in [-0.15, -0.1) is 10.2 Å². The minimum absolute atomic E-state index is 0.0505. The van der Waals surface area contributed by atoms with Gasteiger partial charge in [-0.3, -0.25) is 4.98 Å². The van der Waals surface area contributed by atoms with Gasteiger partial charge < -0.3 is 13.7 Å². The van der Waals surface area contributed by atoms with Crippen LogP contribution in [-0.2, 0) is 6.61 Å². The Balaban J connectivity index is 1.44. The van der Waals surface area contributed by atoms with Crippen molar-refractivity contribution in [3.05, 3.63) is 53.8 Å². The molecule has 0 bridgehead atoms. The van der Waals surface area contributed by atoms with Crippen molar-refractivity contribution in [1.82, 2.24) is 20.3 Å². The molecule has 3 heterocycles. The molecule has 0 saturated heterocycles. The van der Waals surface area contributed by atoms with Crippen LogP contribution in [0.15, 0.2) is 45.5 Å². The molecule has 0 aliphatic rings. The highest BCUT2D eigenvalue weighted by molar-refractivity contribution is 5.80. The summed E-state index contributed by atoms with van der Waals surface area (Å²) in [6.07, 6.45) is 0.282. The smallest absolute Gasteiger partial charge is 0.250 e. The third-order valence-electron chi connectivity index (χ3n) is 3.86. The van der Waals surface area contributed by atoms with Gasteiger partial charge in [-0.1, -0.05) is 5.16 Å². The maximum atomic E-state index is 13.1. The third kappa shape index (κ3) is 3.13. The zero-order chi connectivity index (χ0) is 18.1. The van der Waals surface area contributed by atoms with Crippen molar-refractivity contribution in [3.63, 3.8) is 0 Å². The maximum absolute atomic E-state index is 13.1. The molecule has 0 amide bonds. The SMILES string of the molecule is Cc1noc2cc(OCc3ccc(-c4nnc(C(C)F)o4)cn3)ccc12. The van der Waals surface area contributed by atoms with Crippen LogP contribution >= 0.6 is 0 Å². The molecule has 4 rings (SSSR count). The standard InChI is InChI=1S/C18H15FN4O3/c1-10(19)17-21-22-18(25-17)12-3-4-13(20-8-12)9-24-14-5-6-15-11(2)23-26-16(15)7-14/h3-8,10H,9H2,1-2H3. The van der Waals surface area contributed by atoms with E-state index in [1.807, 2.05) is 19.1 Å². The van der Waals surface area contributed by atoms with Crippen molar-refractivity contribution in [2.24, 2.45) is 0 Å². The van der Waals surface area contributed by atoms with Crippen LogP contribution in [0.5, 0.6) is 5.75 Å². The second kappa shape index (κ2) is 6.55. The summed E-state index contributed by atoms with van der Waals surface area (Å²) in [4.78, 5) is 4.31. The van der Waals surface area contributed by atoms with Gasteiger partial charge >= 0.3 is 0 Å². The molecule has 26 heavy (non-hydrogen) atoms. The Bertz CT molecular complexity index is 1040. The molecule has 0 aliphatic heterocycles. The van der Waals surface area contributed by atoms with Crippen molar-refractivity contribution in [1.29, 1.82) is 0 Å². The quantitative estimate of drug-likeness (QED) is 0.531. The highest BCUT2D eigenvalue weighted by atomic mass is 19.1. The molecule has 1 unspecified atom stereocenters. The Labute approximate surface area is 147 Å². The van der Waals surface area contributed by atoms with E-state index in [-0.39, 0.29) is 18.4 Å². The van der Waals surface area contributed by atoms with E-state index < -0.39 is 6.17 Å². The normalized spacial score (nSPS) is 12.4. The first-order valence-corrected chi connectivity index (χ1v) is 8.02. The largest absolute Gasteiger partial charge is 0.487 e. The minimum atomic E-state index is -1.30. The van der Waals surface area contributed by atoms with Crippen molar-refractivity contribution in [2.45, 2.75) is 26.6 Å². The number of benzene rings is 1. The fraction of sp³-hybridized carbons (Fsp3) is 0.222. The van der Waals surface area contributed by atoms with Crippen LogP contribution in [0, 0.1) is 6.92 Å². The van der Waals surface area contributed by atoms with Crippen molar-refractivity contribution in [2.75, 3.05) is 0 Å². The molecule has 0 fully saturated rings. The fourth-order valence-corrected chi connectivity index (χ4v) is 2.44. The molecular formula is C18H15FN4O3. The zero-order valence-electron chi connectivity index (χ0n) is 14.1. The molecule has 4 aromatic rings. The van der Waals surface area contributed by atoms with Crippen LogP contribution in [0.1, 0.15) is 30.4 Å². The molecule has 132 valence electrons. The Morgan fingerprint density at radius 3 is 2.81 bits per heavy atom. The predicted octanol–water partition coefficient (Wildman–Crippen LogP) is 4.19. The van der Waals surface area contributed by atoms with Gasteiger partial charge in [0.05, 0.1) is 17.0 Å². The van der Waals surface area contributed by atoms with Crippen LogP contribution in [-0.4, -0.2) is 20.3 Å². The second-order valence-electron chi connectivity index (χ2n) is 5.81. The summed E-state index contributed by atoms with van der Waals surface area (Å²) in [6, 6.07) is 9.12. The number of rotatable bonds is 5. The van der Waals surface area contributed by atoms with Crippen LogP contribution < -0.4 is 4.74 Å². The number of hydrogen-bond donors (Lipinski definition) is 0. The maximum Gasteiger partial charge on any atom is 0.250 e. The Morgan fingerprint density at radius 1 is 1.19 bits per heavy atom. The molecule has 0 spiro atoms. The van der Waals surface area contributed by atoms with Gasteiger partial charge in [-0.25, -0.2) is 4.39 Å². The highest BCUT2D eigenvalue weighted by Gasteiger charge is 2.14. The molecule has 0 saturated carbocycles. The summed E-state index contributed by atoms with van der Waals surface area (Å²) in [6.45, 7) is 3.52. The van der Waals surface area contributed by atoms with Gasteiger partial charge in [-0.05, 0) is 38.1 Å². The molecule has 3 aromatic heterocycles. The van der Waals surface area contributed by atoms with Gasteiger partial charge in [0.2, 0.25) is 5.89 Å². The van der Waals surface area contributed by atoms with E-state index in [9.17, 15) is 4.39 Å². The Kier molecular flexibility index (Phi) is 4.08. The van der Waals surface area contributed by atoms with E-state index in [1.54, 1.807) is 24.4 Å². The number of pyridine rings is 1. The lowest BCUT2D eigenvalue weighted by Gasteiger charge is -2.05. The van der Waals surface area contributed by atoms with Gasteiger partial charge in [0, 0.05) is 17.6 Å². The first-order valence-electron chi connectivity index (χ1n) is 8.02. The third-order valence-corrected chi connectivity index (χ3v) is 3.86. The summed E-state index contributed by atoms with van der Waals surface area (Å²) >= 11 is 0. The lowest BCUT2D eigenvalue weighted by Crippen LogP contribution is -1.98. The molecule has 0 aliphatic carbocycles. The average molecular weight is 354 g/mol. The van der Waals surface area contributed by atoms with E-state index >= 15 is 0 Å². The molecule has 0 radical (unpaired) electrons. The average Bonchev–Trinajstić information content (AvgIpc) is 3.28. The van der Waals surface area contributed by atoms with Crippen LogP contribution in [0.4, 0.5) is 4.39 Å². The predicted molar refractivity (Wildman–Crippen MR) is 90.1 cm³/mol. The number of fused-ring (bicyclic) bond motifs is 1. The Morgan fingerprint density at radius 2 is 2.08 bits per heavy atom. The van der Waals surface area contributed by atoms with Gasteiger partial charge in [0.25, 0.3) is 5.89 Å². The summed E-state index contributed by atoms with van der Waals surface area (Å²) in [7, 11) is 0. The van der Waals surface area contributed by atoms with Gasteiger partial charge in [-0.2, -0.15) is 0 Å². The number of nitrogens with zero attached hydrogens (tertiary/aromatic N) is 4. The lowest BCUT2D eigenvalue weighted by molar-refractivity contribution is 0.300. The molecule has 1 atom stereocenters. The number of halogens is 1. The summed E-state index contributed by atoms with van der Waals surface area (Å²) in [5.74, 6) is 0.846. The fourth-order valence-electron chi connectivity index (χ4n) is 2.44. The van der Waals surface area contributed by atoms with E-state index in [2.05, 4.69) is 20.3 Å². The highest BCUT2D eigenvalue weighted by Crippen LogP contribution is 2.24. The number of aromatic nitrogens is 4. The van der Waals surface area contributed by atoms with Gasteiger partial charge in [0.15, 0.2) is 11.8 Å². The monoisotopic (exact) mass is 354 g/mol. The molecular weight excluding hydrogens is 339 g/mol. The number of aryl methyl sites for hydroxylation is 1. The number of alkyl halides is 1. The van der Waals surface area contributed by atoms with E-state index in [1.165, 1.54) is 6.92 Å². The second-order valence-corrected chi connectivity index (χ2v) is 5.81. The van der Waals surface area contributed by atoms with Crippen LogP contribution in [0.25, 0.3) is 22.4 Å². The van der Waals surface area contributed by atoms with Crippen molar-refractivity contribution in [3.8, 4) is 17.2 Å². The summed E-state index contributed by atoms with van der Waals surface area (Å²) in [5.41, 5.74) is 2.86. The van der Waals surface area contributed by atoms with Crippen LogP contribution in [0.3, 0.4) is 0 Å². The molecule has 1 aromatic carbocycles. The van der Waals surface area contributed by atoms with E-state index in [0.717, 1.165) is 16.8 Å². The van der Waals surface area contributed by atoms with Crippen molar-refractivity contribution < 1.29 is 18.1 Å². The van der Waals surface area contributed by atoms with Crippen molar-refractivity contribution >= 4 is 11.0 Å². The lowest BCUT2D eigenvalue weighted by atomic mass is 10.2. The molecule has 0 N–H and O–H groups in total. The topological polar surface area (TPSA) is 87.1 Å². The number of hydrogen-bond acceptors (Lipinski definition) is 7. The van der Waals surface area contributed by atoms with E-state index in [4.69, 9.17) is 13.7 Å². The van der Waals surface area contributed by atoms with Crippen LogP contribution in [0.2, 0.25) is 0 Å². The summed E-state index contributed by atoms with van der Waals surface area (Å²) in [5, 5.41) is 12.4.